The molecule has 3 heterocycles. The topological polar surface area (TPSA) is 64.3 Å². The van der Waals surface area contributed by atoms with Gasteiger partial charge in [0.05, 0.1) is 13.3 Å². The summed E-state index contributed by atoms with van der Waals surface area (Å²) < 4.78 is 11.4. The van der Waals surface area contributed by atoms with Crippen molar-refractivity contribution in [2.75, 3.05) is 18.6 Å². The summed E-state index contributed by atoms with van der Waals surface area (Å²) in [5.74, 6) is 4.19. The summed E-state index contributed by atoms with van der Waals surface area (Å²) in [5.41, 5.74) is 1.14. The highest BCUT2D eigenvalue weighted by Crippen LogP contribution is 2.35. The standard InChI is InChI=1S/C20H22N4O2/c1-14-21-9-8-19(23-14)24-10-4-7-18(24)20-22-13-17(26-20)12-15-5-3-6-16(11-15)25-2/h3,5-6,8-9,11,13,18H,4,7,10,12H2,1-2H3/t18-/m1/s1. The molecule has 0 bridgehead atoms. The smallest absolute Gasteiger partial charge is 0.217 e. The SMILES string of the molecule is COc1cccc(Cc2cnc([C@H]3CCCN3c3ccnc(C)n3)o2)c1. The van der Waals surface area contributed by atoms with Crippen LogP contribution in [0.2, 0.25) is 0 Å². The highest BCUT2D eigenvalue weighted by Gasteiger charge is 2.31. The summed E-state index contributed by atoms with van der Waals surface area (Å²) in [5, 5.41) is 0. The van der Waals surface area contributed by atoms with Gasteiger partial charge >= 0.3 is 0 Å². The predicted molar refractivity (Wildman–Crippen MR) is 98.4 cm³/mol. The largest absolute Gasteiger partial charge is 0.497 e. The number of hydrogen-bond donors (Lipinski definition) is 0. The van der Waals surface area contributed by atoms with Gasteiger partial charge in [-0.15, -0.1) is 0 Å². The van der Waals surface area contributed by atoms with Crippen molar-refractivity contribution in [3.8, 4) is 5.75 Å². The van der Waals surface area contributed by atoms with Crippen molar-refractivity contribution >= 4 is 5.82 Å². The van der Waals surface area contributed by atoms with Crippen molar-refractivity contribution in [1.82, 2.24) is 15.0 Å². The molecule has 1 saturated heterocycles. The van der Waals surface area contributed by atoms with E-state index in [-0.39, 0.29) is 6.04 Å². The normalized spacial score (nSPS) is 16.8. The fraction of sp³-hybridized carbons (Fsp3) is 0.350. The Labute approximate surface area is 152 Å². The molecule has 1 aliphatic heterocycles. The number of aryl methyl sites for hydroxylation is 1. The third-order valence-electron chi connectivity index (χ3n) is 4.68. The molecule has 26 heavy (non-hydrogen) atoms. The van der Waals surface area contributed by atoms with E-state index in [2.05, 4.69) is 25.9 Å². The molecule has 0 amide bonds. The third kappa shape index (κ3) is 3.40. The Morgan fingerprint density at radius 3 is 3.04 bits per heavy atom. The first kappa shape index (κ1) is 16.6. The molecule has 0 saturated carbocycles. The number of benzene rings is 1. The second-order valence-electron chi connectivity index (χ2n) is 6.51. The van der Waals surface area contributed by atoms with E-state index in [4.69, 9.17) is 9.15 Å². The van der Waals surface area contributed by atoms with Gasteiger partial charge in [0.2, 0.25) is 5.89 Å². The molecule has 0 unspecified atom stereocenters. The molecular formula is C20H22N4O2. The van der Waals surface area contributed by atoms with E-state index in [0.29, 0.717) is 6.42 Å². The molecule has 6 heteroatoms. The molecule has 3 aromatic rings. The lowest BCUT2D eigenvalue weighted by Crippen LogP contribution is -2.24. The summed E-state index contributed by atoms with van der Waals surface area (Å²) in [6.45, 7) is 2.86. The van der Waals surface area contributed by atoms with Crippen LogP contribution in [0.15, 0.2) is 47.1 Å². The number of ether oxygens (including phenoxy) is 1. The molecule has 1 aromatic carbocycles. The lowest BCUT2D eigenvalue weighted by Gasteiger charge is -2.23. The van der Waals surface area contributed by atoms with Gasteiger partial charge in [-0.2, -0.15) is 0 Å². The Bertz CT molecular complexity index is 893. The second kappa shape index (κ2) is 7.15. The maximum atomic E-state index is 6.09. The van der Waals surface area contributed by atoms with Gasteiger partial charge < -0.3 is 14.1 Å². The first-order valence-corrected chi connectivity index (χ1v) is 8.87. The van der Waals surface area contributed by atoms with Crippen LogP contribution in [-0.2, 0) is 6.42 Å². The highest BCUT2D eigenvalue weighted by molar-refractivity contribution is 5.41. The van der Waals surface area contributed by atoms with Crippen molar-refractivity contribution in [2.24, 2.45) is 0 Å². The Morgan fingerprint density at radius 1 is 1.27 bits per heavy atom. The lowest BCUT2D eigenvalue weighted by molar-refractivity contribution is 0.413. The Kier molecular flexibility index (Phi) is 4.56. The zero-order chi connectivity index (χ0) is 17.9. The summed E-state index contributed by atoms with van der Waals surface area (Å²) in [7, 11) is 1.68. The van der Waals surface area contributed by atoms with Gasteiger partial charge in [0, 0.05) is 19.2 Å². The zero-order valence-electron chi connectivity index (χ0n) is 15.1. The van der Waals surface area contributed by atoms with Crippen LogP contribution < -0.4 is 9.64 Å². The van der Waals surface area contributed by atoms with Crippen LogP contribution in [0.1, 0.15) is 41.9 Å². The number of anilines is 1. The van der Waals surface area contributed by atoms with Crippen LogP contribution >= 0.6 is 0 Å². The minimum Gasteiger partial charge on any atom is -0.497 e. The minimum absolute atomic E-state index is 0.128. The molecule has 0 radical (unpaired) electrons. The first-order valence-electron chi connectivity index (χ1n) is 8.87. The molecule has 2 aromatic heterocycles. The minimum atomic E-state index is 0.128. The molecule has 6 nitrogen and oxygen atoms in total. The second-order valence-corrected chi connectivity index (χ2v) is 6.51. The first-order chi connectivity index (χ1) is 12.7. The molecule has 1 fully saturated rings. The molecule has 0 aliphatic carbocycles. The van der Waals surface area contributed by atoms with Crippen LogP contribution in [0.5, 0.6) is 5.75 Å². The lowest BCUT2D eigenvalue weighted by atomic mass is 10.1. The molecule has 1 atom stereocenters. The van der Waals surface area contributed by atoms with Gasteiger partial charge in [0.25, 0.3) is 0 Å². The van der Waals surface area contributed by atoms with Crippen LogP contribution in [0.4, 0.5) is 5.82 Å². The van der Waals surface area contributed by atoms with E-state index in [9.17, 15) is 0 Å². The number of rotatable bonds is 5. The molecule has 0 N–H and O–H groups in total. The number of methoxy groups -OCH3 is 1. The number of oxazole rings is 1. The van der Waals surface area contributed by atoms with E-state index in [1.807, 2.05) is 37.4 Å². The fourth-order valence-corrected chi connectivity index (χ4v) is 3.44. The summed E-state index contributed by atoms with van der Waals surface area (Å²) in [4.78, 5) is 15.6. The van der Waals surface area contributed by atoms with Crippen molar-refractivity contribution in [3.63, 3.8) is 0 Å². The van der Waals surface area contributed by atoms with Crippen LogP contribution in [0.25, 0.3) is 0 Å². The van der Waals surface area contributed by atoms with Gasteiger partial charge in [0.15, 0.2) is 0 Å². The van der Waals surface area contributed by atoms with E-state index in [1.165, 1.54) is 0 Å². The molecular weight excluding hydrogens is 328 g/mol. The third-order valence-corrected chi connectivity index (χ3v) is 4.68. The van der Waals surface area contributed by atoms with Crippen molar-refractivity contribution in [1.29, 1.82) is 0 Å². The number of nitrogens with zero attached hydrogens (tertiary/aromatic N) is 4. The van der Waals surface area contributed by atoms with Crippen molar-refractivity contribution in [2.45, 2.75) is 32.2 Å². The monoisotopic (exact) mass is 350 g/mol. The van der Waals surface area contributed by atoms with Gasteiger partial charge in [-0.1, -0.05) is 12.1 Å². The fourth-order valence-electron chi connectivity index (χ4n) is 3.44. The van der Waals surface area contributed by atoms with Gasteiger partial charge in [0.1, 0.15) is 29.2 Å². The van der Waals surface area contributed by atoms with Crippen molar-refractivity contribution in [3.05, 3.63) is 65.8 Å². The van der Waals surface area contributed by atoms with E-state index >= 15 is 0 Å². The summed E-state index contributed by atoms with van der Waals surface area (Å²) in [6, 6.07) is 10.1. The number of hydrogen-bond acceptors (Lipinski definition) is 6. The maximum absolute atomic E-state index is 6.09. The average molecular weight is 350 g/mol. The maximum Gasteiger partial charge on any atom is 0.217 e. The Hall–Kier alpha value is -2.89. The number of aromatic nitrogens is 3. The van der Waals surface area contributed by atoms with E-state index in [1.54, 1.807) is 13.3 Å². The van der Waals surface area contributed by atoms with E-state index in [0.717, 1.165) is 54.0 Å². The van der Waals surface area contributed by atoms with Crippen LogP contribution in [0.3, 0.4) is 0 Å². The highest BCUT2D eigenvalue weighted by atomic mass is 16.5. The quantitative estimate of drug-likeness (QED) is 0.699. The molecule has 4 rings (SSSR count). The predicted octanol–water partition coefficient (Wildman–Crippen LogP) is 3.71. The molecule has 1 aliphatic rings. The van der Waals surface area contributed by atoms with E-state index < -0.39 is 0 Å². The average Bonchev–Trinajstić information content (AvgIpc) is 3.31. The molecule has 134 valence electrons. The Balaban J connectivity index is 1.53. The summed E-state index contributed by atoms with van der Waals surface area (Å²) >= 11 is 0. The van der Waals surface area contributed by atoms with Crippen LogP contribution in [-0.4, -0.2) is 28.6 Å². The van der Waals surface area contributed by atoms with Crippen molar-refractivity contribution < 1.29 is 9.15 Å². The van der Waals surface area contributed by atoms with Crippen LogP contribution in [0, 0.1) is 6.92 Å². The zero-order valence-corrected chi connectivity index (χ0v) is 15.1. The van der Waals surface area contributed by atoms with Gasteiger partial charge in [-0.05, 0) is 43.5 Å². The van der Waals surface area contributed by atoms with Gasteiger partial charge in [-0.25, -0.2) is 15.0 Å². The molecule has 0 spiro atoms. The van der Waals surface area contributed by atoms with Gasteiger partial charge in [-0.3, -0.25) is 0 Å². The summed E-state index contributed by atoms with van der Waals surface area (Å²) in [6.07, 6.45) is 6.44. The Morgan fingerprint density at radius 2 is 2.19 bits per heavy atom.